The molecule has 0 unspecified atom stereocenters. The Hall–Kier alpha value is -1.48. The molecule has 0 radical (unpaired) electrons. The van der Waals surface area contributed by atoms with Crippen LogP contribution in [0.1, 0.15) is 12.5 Å². The van der Waals surface area contributed by atoms with Gasteiger partial charge in [0.25, 0.3) is 0 Å². The summed E-state index contributed by atoms with van der Waals surface area (Å²) in [6, 6.07) is 5.58. The van der Waals surface area contributed by atoms with E-state index in [1.54, 1.807) is 6.07 Å². The Morgan fingerprint density at radius 1 is 1.38 bits per heavy atom. The minimum Gasteiger partial charge on any atom is -0.508 e. The van der Waals surface area contributed by atoms with Crippen molar-refractivity contribution in [2.75, 3.05) is 13.6 Å². The van der Waals surface area contributed by atoms with Crippen LogP contribution in [-0.2, 0) is 13.0 Å². The predicted octanol–water partition coefficient (Wildman–Crippen LogP) is 2.13. The molecule has 0 atom stereocenters. The van der Waals surface area contributed by atoms with E-state index in [0.717, 1.165) is 24.9 Å². The van der Waals surface area contributed by atoms with Gasteiger partial charge >= 0.3 is 0 Å². The van der Waals surface area contributed by atoms with Crippen molar-refractivity contribution < 1.29 is 5.11 Å². The van der Waals surface area contributed by atoms with E-state index in [9.17, 15) is 5.11 Å². The summed E-state index contributed by atoms with van der Waals surface area (Å²) in [5.74, 6) is 0.340. The molecule has 3 nitrogen and oxygen atoms in total. The van der Waals surface area contributed by atoms with Crippen LogP contribution in [0.15, 0.2) is 24.4 Å². The topological polar surface area (TPSA) is 37.2 Å². The minimum absolute atomic E-state index is 0.340. The molecule has 0 amide bonds. The Balaban J connectivity index is 2.50. The van der Waals surface area contributed by atoms with Crippen LogP contribution < -0.4 is 5.32 Å². The fourth-order valence-corrected chi connectivity index (χ4v) is 2.08. The fourth-order valence-electron chi connectivity index (χ4n) is 2.08. The zero-order chi connectivity index (χ0) is 11.5. The molecule has 0 saturated carbocycles. The van der Waals surface area contributed by atoms with Gasteiger partial charge in [0.1, 0.15) is 5.75 Å². The highest BCUT2D eigenvalue weighted by atomic mass is 16.3. The first-order valence-electron chi connectivity index (χ1n) is 5.71. The van der Waals surface area contributed by atoms with Crippen LogP contribution in [0, 0.1) is 0 Å². The second kappa shape index (κ2) is 4.58. The van der Waals surface area contributed by atoms with Crippen molar-refractivity contribution in [2.45, 2.75) is 19.9 Å². The number of nitrogens with zero attached hydrogens (tertiary/aromatic N) is 1. The van der Waals surface area contributed by atoms with Gasteiger partial charge in [-0.05, 0) is 50.7 Å². The van der Waals surface area contributed by atoms with Gasteiger partial charge in [-0.25, -0.2) is 0 Å². The van der Waals surface area contributed by atoms with Crippen LogP contribution in [0.5, 0.6) is 5.75 Å². The molecule has 0 bridgehead atoms. The number of rotatable bonds is 4. The second-order valence-corrected chi connectivity index (χ2v) is 4.00. The maximum Gasteiger partial charge on any atom is 0.116 e. The van der Waals surface area contributed by atoms with Gasteiger partial charge in [0.2, 0.25) is 0 Å². The fraction of sp³-hybridized carbons (Fsp3) is 0.385. The third-order valence-electron chi connectivity index (χ3n) is 2.93. The van der Waals surface area contributed by atoms with Gasteiger partial charge in [0.15, 0.2) is 0 Å². The normalized spacial score (nSPS) is 11.1. The van der Waals surface area contributed by atoms with Gasteiger partial charge in [0.05, 0.1) is 0 Å². The lowest BCUT2D eigenvalue weighted by Crippen LogP contribution is -2.09. The van der Waals surface area contributed by atoms with Crippen LogP contribution >= 0.6 is 0 Å². The average Bonchev–Trinajstić information content (AvgIpc) is 2.64. The number of fused-ring (bicyclic) bond motifs is 1. The Morgan fingerprint density at radius 3 is 2.88 bits per heavy atom. The van der Waals surface area contributed by atoms with E-state index >= 15 is 0 Å². The third-order valence-corrected chi connectivity index (χ3v) is 2.93. The van der Waals surface area contributed by atoms with E-state index in [4.69, 9.17) is 0 Å². The van der Waals surface area contributed by atoms with E-state index in [2.05, 4.69) is 23.0 Å². The Morgan fingerprint density at radius 2 is 2.19 bits per heavy atom. The largest absolute Gasteiger partial charge is 0.508 e. The quantitative estimate of drug-likeness (QED) is 0.825. The lowest BCUT2D eigenvalue weighted by molar-refractivity contribution is 0.476. The van der Waals surface area contributed by atoms with Gasteiger partial charge in [-0.1, -0.05) is 0 Å². The monoisotopic (exact) mass is 218 g/mol. The van der Waals surface area contributed by atoms with E-state index in [0.29, 0.717) is 5.75 Å². The highest BCUT2D eigenvalue weighted by molar-refractivity contribution is 5.85. The molecular weight excluding hydrogens is 200 g/mol. The summed E-state index contributed by atoms with van der Waals surface area (Å²) in [6.45, 7) is 4.05. The van der Waals surface area contributed by atoms with Gasteiger partial charge < -0.3 is 15.0 Å². The Kier molecular flexibility index (Phi) is 3.15. The number of aryl methyl sites for hydroxylation is 1. The molecule has 2 aromatic rings. The van der Waals surface area contributed by atoms with Crippen molar-refractivity contribution in [3.63, 3.8) is 0 Å². The zero-order valence-corrected chi connectivity index (χ0v) is 9.83. The molecule has 0 spiro atoms. The minimum atomic E-state index is 0.340. The molecule has 1 aromatic carbocycles. The number of benzene rings is 1. The van der Waals surface area contributed by atoms with Crippen molar-refractivity contribution in [2.24, 2.45) is 0 Å². The molecule has 2 rings (SSSR count). The molecule has 0 aliphatic carbocycles. The number of nitrogens with one attached hydrogen (secondary N) is 1. The van der Waals surface area contributed by atoms with E-state index in [-0.39, 0.29) is 0 Å². The maximum atomic E-state index is 9.54. The first-order valence-corrected chi connectivity index (χ1v) is 5.71. The summed E-state index contributed by atoms with van der Waals surface area (Å²) in [5.41, 5.74) is 2.49. The van der Waals surface area contributed by atoms with Crippen LogP contribution in [0.2, 0.25) is 0 Å². The first kappa shape index (κ1) is 11.0. The van der Waals surface area contributed by atoms with Crippen LogP contribution in [-0.4, -0.2) is 23.3 Å². The van der Waals surface area contributed by atoms with Crippen LogP contribution in [0.4, 0.5) is 0 Å². The number of likely N-dealkylation sites (N-methyl/N-ethyl adjacent to an activating group) is 1. The molecular formula is C13H18N2O. The number of hydrogen-bond donors (Lipinski definition) is 2. The molecule has 1 aromatic heterocycles. The third kappa shape index (κ3) is 1.91. The summed E-state index contributed by atoms with van der Waals surface area (Å²) in [4.78, 5) is 0. The summed E-state index contributed by atoms with van der Waals surface area (Å²) < 4.78 is 2.22. The summed E-state index contributed by atoms with van der Waals surface area (Å²) in [5, 5.41) is 13.9. The number of phenols is 1. The molecule has 2 N–H and O–H groups in total. The highest BCUT2D eigenvalue weighted by Gasteiger charge is 2.07. The van der Waals surface area contributed by atoms with Crippen molar-refractivity contribution in [3.05, 3.63) is 30.0 Å². The van der Waals surface area contributed by atoms with Crippen molar-refractivity contribution in [3.8, 4) is 5.75 Å². The highest BCUT2D eigenvalue weighted by Crippen LogP contribution is 2.25. The Bertz CT molecular complexity index is 488. The average molecular weight is 218 g/mol. The lowest BCUT2D eigenvalue weighted by atomic mass is 10.1. The smallest absolute Gasteiger partial charge is 0.116 e. The number of aromatic hydroxyl groups is 1. The van der Waals surface area contributed by atoms with E-state index in [1.165, 1.54) is 11.1 Å². The predicted molar refractivity (Wildman–Crippen MR) is 66.9 cm³/mol. The molecule has 16 heavy (non-hydrogen) atoms. The second-order valence-electron chi connectivity index (χ2n) is 4.00. The summed E-state index contributed by atoms with van der Waals surface area (Å²) in [7, 11) is 1.95. The molecule has 0 aliphatic heterocycles. The van der Waals surface area contributed by atoms with Crippen molar-refractivity contribution >= 4 is 10.9 Å². The molecule has 0 fully saturated rings. The SMILES string of the molecule is CCn1cc(CCNC)c2cc(O)ccc21. The van der Waals surface area contributed by atoms with Crippen molar-refractivity contribution in [1.29, 1.82) is 0 Å². The molecule has 86 valence electrons. The zero-order valence-electron chi connectivity index (χ0n) is 9.83. The lowest BCUT2D eigenvalue weighted by Gasteiger charge is -2.00. The summed E-state index contributed by atoms with van der Waals surface area (Å²) >= 11 is 0. The van der Waals surface area contributed by atoms with Gasteiger partial charge in [-0.3, -0.25) is 0 Å². The Labute approximate surface area is 95.7 Å². The molecule has 3 heteroatoms. The van der Waals surface area contributed by atoms with Gasteiger partial charge in [0, 0.05) is 23.6 Å². The number of phenolic OH excluding ortho intramolecular Hbond substituents is 1. The van der Waals surface area contributed by atoms with Crippen LogP contribution in [0.3, 0.4) is 0 Å². The van der Waals surface area contributed by atoms with E-state index < -0.39 is 0 Å². The van der Waals surface area contributed by atoms with Crippen LogP contribution in [0.25, 0.3) is 10.9 Å². The molecule has 1 heterocycles. The first-order chi connectivity index (χ1) is 7.76. The maximum absolute atomic E-state index is 9.54. The molecule has 0 saturated heterocycles. The van der Waals surface area contributed by atoms with Crippen molar-refractivity contribution in [1.82, 2.24) is 9.88 Å². The standard InChI is InChI=1S/C13H18N2O/c1-3-15-9-10(6-7-14-2)12-8-11(16)4-5-13(12)15/h4-5,8-9,14,16H,3,6-7H2,1-2H3. The van der Waals surface area contributed by atoms with Gasteiger partial charge in [-0.2, -0.15) is 0 Å². The van der Waals surface area contributed by atoms with E-state index in [1.807, 2.05) is 19.2 Å². The van der Waals surface area contributed by atoms with Gasteiger partial charge in [-0.15, -0.1) is 0 Å². The number of hydrogen-bond acceptors (Lipinski definition) is 2. The summed E-state index contributed by atoms with van der Waals surface area (Å²) in [6.07, 6.45) is 3.17. The molecule has 0 aliphatic rings. The number of aromatic nitrogens is 1.